The second kappa shape index (κ2) is 14.8. The van der Waals surface area contributed by atoms with Gasteiger partial charge in [0.25, 0.3) is 0 Å². The Bertz CT molecular complexity index is 1160. The maximum Gasteiger partial charge on any atom is 0.245 e. The van der Waals surface area contributed by atoms with Crippen molar-refractivity contribution in [3.05, 3.63) is 59.8 Å². The van der Waals surface area contributed by atoms with Crippen molar-refractivity contribution in [3.8, 4) is 0 Å². The summed E-state index contributed by atoms with van der Waals surface area (Å²) in [6, 6.07) is 6.36. The van der Waals surface area contributed by atoms with Gasteiger partial charge in [0.2, 0.25) is 5.95 Å². The number of aryl methyl sites for hydroxylation is 1. The molecule has 0 aliphatic carbocycles. The highest BCUT2D eigenvalue weighted by Crippen LogP contribution is 2.24. The van der Waals surface area contributed by atoms with E-state index < -0.39 is 5.82 Å². The molecule has 38 heavy (non-hydrogen) atoms. The van der Waals surface area contributed by atoms with Crippen LogP contribution in [0.5, 0.6) is 0 Å². The summed E-state index contributed by atoms with van der Waals surface area (Å²) in [5.41, 5.74) is 7.26. The SMILES string of the molecule is C=C(/C=N/Nc1ncc(F)c(N(CC)CCOC)n1)N=C/C(=C\C)Nc1ccc(N2CCOCC2)cc1C. The number of methoxy groups -OCH3 is 1. The van der Waals surface area contributed by atoms with E-state index in [9.17, 15) is 4.39 Å². The van der Waals surface area contributed by atoms with E-state index in [0.717, 1.165) is 49.4 Å². The first-order valence-electron chi connectivity index (χ1n) is 12.6. The van der Waals surface area contributed by atoms with Crippen molar-refractivity contribution in [3.63, 3.8) is 0 Å². The quantitative estimate of drug-likeness (QED) is 0.297. The summed E-state index contributed by atoms with van der Waals surface area (Å²) in [5.74, 6) is -0.160. The van der Waals surface area contributed by atoms with Crippen LogP contribution in [0, 0.1) is 12.7 Å². The third-order valence-corrected chi connectivity index (χ3v) is 5.90. The summed E-state index contributed by atoms with van der Waals surface area (Å²) >= 11 is 0. The molecule has 0 amide bonds. The lowest BCUT2D eigenvalue weighted by molar-refractivity contribution is 0.122. The zero-order valence-electron chi connectivity index (χ0n) is 22.6. The van der Waals surface area contributed by atoms with E-state index in [1.165, 1.54) is 11.9 Å². The van der Waals surface area contributed by atoms with Crippen molar-refractivity contribution in [2.75, 3.05) is 73.7 Å². The average molecular weight is 525 g/mol. The van der Waals surface area contributed by atoms with Crippen molar-refractivity contribution in [1.29, 1.82) is 0 Å². The average Bonchev–Trinajstić information content (AvgIpc) is 2.94. The van der Waals surface area contributed by atoms with Crippen LogP contribution in [0.4, 0.5) is 27.5 Å². The van der Waals surface area contributed by atoms with Gasteiger partial charge in [-0.2, -0.15) is 10.1 Å². The van der Waals surface area contributed by atoms with Gasteiger partial charge in [-0.15, -0.1) is 0 Å². The molecule has 2 N–H and O–H groups in total. The van der Waals surface area contributed by atoms with Crippen LogP contribution in [-0.4, -0.2) is 75.5 Å². The van der Waals surface area contributed by atoms with Crippen molar-refractivity contribution >= 4 is 35.6 Å². The van der Waals surface area contributed by atoms with E-state index in [-0.39, 0.29) is 11.8 Å². The van der Waals surface area contributed by atoms with Crippen LogP contribution in [0.1, 0.15) is 19.4 Å². The molecule has 0 atom stereocenters. The fourth-order valence-electron chi connectivity index (χ4n) is 3.74. The Morgan fingerprint density at radius 3 is 2.79 bits per heavy atom. The van der Waals surface area contributed by atoms with Gasteiger partial charge in [0.1, 0.15) is 0 Å². The second-order valence-corrected chi connectivity index (χ2v) is 8.52. The molecular formula is C27H37FN8O2. The van der Waals surface area contributed by atoms with Crippen molar-refractivity contribution < 1.29 is 13.9 Å². The van der Waals surface area contributed by atoms with Gasteiger partial charge >= 0.3 is 0 Å². The molecule has 1 aliphatic heterocycles. The fraction of sp³-hybridized carbons (Fsp3) is 0.407. The number of hydrogen-bond donors (Lipinski definition) is 2. The van der Waals surface area contributed by atoms with Gasteiger partial charge in [0, 0.05) is 44.7 Å². The standard InChI is InChI=1S/C27H37FN8O2/c1-6-22(32-25-9-8-23(16-20(25)3)36-11-14-38-15-12-36)18-29-21(4)17-31-34-27-30-19-24(28)26(33-27)35(7-2)10-13-37-5/h6,8-9,16-19,32H,4,7,10-15H2,1-3,5H3,(H,30,33,34)/b22-6+,29-18?,31-17+. The van der Waals surface area contributed by atoms with Crippen LogP contribution in [0.3, 0.4) is 0 Å². The number of nitrogens with zero attached hydrogens (tertiary/aromatic N) is 6. The highest BCUT2D eigenvalue weighted by atomic mass is 19.1. The van der Waals surface area contributed by atoms with Gasteiger partial charge in [-0.05, 0) is 44.5 Å². The van der Waals surface area contributed by atoms with E-state index >= 15 is 0 Å². The summed E-state index contributed by atoms with van der Waals surface area (Å²) in [7, 11) is 1.60. The lowest BCUT2D eigenvalue weighted by Gasteiger charge is -2.29. The van der Waals surface area contributed by atoms with Crippen molar-refractivity contribution in [1.82, 2.24) is 9.97 Å². The van der Waals surface area contributed by atoms with Gasteiger partial charge in [-0.1, -0.05) is 12.7 Å². The normalized spacial score (nSPS) is 14.3. The molecule has 0 bridgehead atoms. The van der Waals surface area contributed by atoms with Crippen LogP contribution < -0.4 is 20.5 Å². The van der Waals surface area contributed by atoms with Gasteiger partial charge in [0.15, 0.2) is 11.6 Å². The number of ether oxygens (including phenoxy) is 2. The molecule has 0 saturated carbocycles. The van der Waals surface area contributed by atoms with Crippen LogP contribution in [-0.2, 0) is 9.47 Å². The third kappa shape index (κ3) is 8.35. The molecular weight excluding hydrogens is 487 g/mol. The first-order valence-corrected chi connectivity index (χ1v) is 12.6. The molecule has 1 aromatic carbocycles. The summed E-state index contributed by atoms with van der Waals surface area (Å²) in [5, 5.41) is 7.49. The number of morpholine rings is 1. The summed E-state index contributed by atoms with van der Waals surface area (Å²) in [6.07, 6.45) is 6.17. The van der Waals surface area contributed by atoms with Gasteiger partial charge in [-0.25, -0.2) is 14.8 Å². The van der Waals surface area contributed by atoms with E-state index in [4.69, 9.17) is 9.47 Å². The monoisotopic (exact) mass is 524 g/mol. The number of likely N-dealkylation sites (N-methyl/N-ethyl adjacent to an activating group) is 1. The van der Waals surface area contributed by atoms with E-state index in [1.807, 2.05) is 19.9 Å². The molecule has 1 aliphatic rings. The minimum Gasteiger partial charge on any atom is -0.383 e. The molecule has 1 fully saturated rings. The zero-order chi connectivity index (χ0) is 27.3. The van der Waals surface area contributed by atoms with E-state index in [2.05, 4.69) is 67.4 Å². The lowest BCUT2D eigenvalue weighted by Crippen LogP contribution is -2.36. The molecule has 11 heteroatoms. The Balaban J connectivity index is 1.56. The molecule has 0 unspecified atom stereocenters. The predicted octanol–water partition coefficient (Wildman–Crippen LogP) is 4.23. The van der Waals surface area contributed by atoms with Crippen LogP contribution >= 0.6 is 0 Å². The molecule has 1 aromatic heterocycles. The molecule has 1 saturated heterocycles. The molecule has 2 aromatic rings. The van der Waals surface area contributed by atoms with Crippen LogP contribution in [0.2, 0.25) is 0 Å². The summed E-state index contributed by atoms with van der Waals surface area (Å²) in [6.45, 7) is 14.7. The molecule has 3 rings (SSSR count). The minimum absolute atomic E-state index is 0.164. The largest absolute Gasteiger partial charge is 0.383 e. The third-order valence-electron chi connectivity index (χ3n) is 5.90. The number of halogens is 1. The number of nitrogens with one attached hydrogen (secondary N) is 2. The maximum atomic E-state index is 14.3. The molecule has 2 heterocycles. The van der Waals surface area contributed by atoms with Crippen molar-refractivity contribution in [2.24, 2.45) is 10.1 Å². The number of anilines is 4. The molecule has 0 spiro atoms. The Kier molecular flexibility index (Phi) is 11.2. The predicted molar refractivity (Wildman–Crippen MR) is 153 cm³/mol. The van der Waals surface area contributed by atoms with Crippen molar-refractivity contribution in [2.45, 2.75) is 20.8 Å². The zero-order valence-corrected chi connectivity index (χ0v) is 22.6. The van der Waals surface area contributed by atoms with Gasteiger partial charge in [0.05, 0.1) is 49.8 Å². The van der Waals surface area contributed by atoms with Crippen LogP contribution in [0.15, 0.2) is 58.5 Å². The molecule has 0 radical (unpaired) electrons. The number of aromatic nitrogens is 2. The fourth-order valence-corrected chi connectivity index (χ4v) is 3.74. The minimum atomic E-state index is -0.510. The number of hydrazone groups is 1. The summed E-state index contributed by atoms with van der Waals surface area (Å²) in [4.78, 5) is 16.6. The van der Waals surface area contributed by atoms with Gasteiger partial charge in [-0.3, -0.25) is 4.99 Å². The highest BCUT2D eigenvalue weighted by Gasteiger charge is 2.14. The number of allylic oxidation sites excluding steroid dienone is 3. The first-order chi connectivity index (χ1) is 18.4. The maximum absolute atomic E-state index is 14.3. The van der Waals surface area contributed by atoms with Gasteiger partial charge < -0.3 is 24.6 Å². The van der Waals surface area contributed by atoms with Crippen LogP contribution in [0.25, 0.3) is 0 Å². The Hall–Kier alpha value is -3.83. The highest BCUT2D eigenvalue weighted by molar-refractivity contribution is 5.88. The van der Waals surface area contributed by atoms with E-state index in [0.29, 0.717) is 25.4 Å². The molecule has 204 valence electrons. The Labute approximate surface area is 224 Å². The number of hydrogen-bond acceptors (Lipinski definition) is 10. The smallest absolute Gasteiger partial charge is 0.245 e. The Morgan fingerprint density at radius 2 is 2.11 bits per heavy atom. The Morgan fingerprint density at radius 1 is 1.32 bits per heavy atom. The number of rotatable bonds is 13. The number of benzene rings is 1. The second-order valence-electron chi connectivity index (χ2n) is 8.52. The molecule has 10 nitrogen and oxygen atoms in total. The lowest BCUT2D eigenvalue weighted by atomic mass is 10.1. The number of aliphatic imine (C=N–C) groups is 1. The topological polar surface area (TPSA) is 99.5 Å². The summed E-state index contributed by atoms with van der Waals surface area (Å²) < 4.78 is 24.8. The van der Waals surface area contributed by atoms with E-state index in [1.54, 1.807) is 18.2 Å². The first kappa shape index (κ1) is 28.7.